The van der Waals surface area contributed by atoms with Crippen molar-refractivity contribution in [3.63, 3.8) is 0 Å². The molecule has 0 bridgehead atoms. The Morgan fingerprint density at radius 1 is 0.882 bits per heavy atom. The highest BCUT2D eigenvalue weighted by Crippen LogP contribution is 2.39. The number of piperidine rings is 1. The molecule has 0 saturated carbocycles. The van der Waals surface area contributed by atoms with Gasteiger partial charge in [0.1, 0.15) is 0 Å². The highest BCUT2D eigenvalue weighted by atomic mass is 15.2. The van der Waals surface area contributed by atoms with E-state index in [0.717, 1.165) is 0 Å². The Hall–Kier alpha value is -0.0800. The topological polar surface area (TPSA) is 6.48 Å². The lowest BCUT2D eigenvalue weighted by molar-refractivity contribution is 0.127. The quantitative estimate of drug-likeness (QED) is 0.694. The molecule has 0 amide bonds. The van der Waals surface area contributed by atoms with E-state index in [0.29, 0.717) is 5.41 Å². The van der Waals surface area contributed by atoms with Gasteiger partial charge < -0.3 is 9.80 Å². The molecule has 2 saturated heterocycles. The highest BCUT2D eigenvalue weighted by molar-refractivity contribution is 4.92. The SMILES string of the molecule is CC.CC.CCN1CCC2(CCN(C)CC2)C1. The van der Waals surface area contributed by atoms with Gasteiger partial charge in [0, 0.05) is 6.54 Å². The average Bonchev–Trinajstić information content (AvgIpc) is 2.82. The van der Waals surface area contributed by atoms with Gasteiger partial charge in [0.05, 0.1) is 0 Å². The predicted octanol–water partition coefficient (Wildman–Crippen LogP) is 3.48. The van der Waals surface area contributed by atoms with Crippen LogP contribution in [0.4, 0.5) is 0 Å². The first kappa shape index (κ1) is 16.9. The lowest BCUT2D eigenvalue weighted by Gasteiger charge is -2.37. The second-order valence-corrected chi connectivity index (χ2v) is 4.92. The number of hydrogen-bond acceptors (Lipinski definition) is 2. The normalized spacial score (nSPS) is 23.6. The van der Waals surface area contributed by atoms with Crippen LogP contribution in [-0.2, 0) is 0 Å². The molecule has 2 aliphatic heterocycles. The molecule has 1 spiro atoms. The fraction of sp³-hybridized carbons (Fsp3) is 1.00. The fourth-order valence-electron chi connectivity index (χ4n) is 2.80. The molecule has 0 radical (unpaired) electrons. The fourth-order valence-corrected chi connectivity index (χ4v) is 2.80. The third kappa shape index (κ3) is 4.97. The maximum absolute atomic E-state index is 2.62. The van der Waals surface area contributed by atoms with Crippen LogP contribution in [0.2, 0.25) is 0 Å². The second kappa shape index (κ2) is 8.93. The third-order valence-electron chi connectivity index (χ3n) is 4.01. The van der Waals surface area contributed by atoms with Crippen LogP contribution < -0.4 is 0 Å². The molecule has 104 valence electrons. The first-order valence-electron chi connectivity index (χ1n) is 7.65. The van der Waals surface area contributed by atoms with Crippen molar-refractivity contribution < 1.29 is 0 Å². The van der Waals surface area contributed by atoms with Crippen LogP contribution in [0.15, 0.2) is 0 Å². The van der Waals surface area contributed by atoms with E-state index in [1.165, 1.54) is 52.0 Å². The zero-order valence-corrected chi connectivity index (χ0v) is 13.1. The summed E-state index contributed by atoms with van der Waals surface area (Å²) in [4.78, 5) is 5.09. The van der Waals surface area contributed by atoms with Crippen LogP contribution in [0, 0.1) is 5.41 Å². The van der Waals surface area contributed by atoms with E-state index >= 15 is 0 Å². The molecule has 2 aliphatic rings. The number of likely N-dealkylation sites (tertiary alicyclic amines) is 2. The summed E-state index contributed by atoms with van der Waals surface area (Å²) in [6, 6.07) is 0. The van der Waals surface area contributed by atoms with Gasteiger partial charge in [0.25, 0.3) is 0 Å². The van der Waals surface area contributed by atoms with Gasteiger partial charge in [-0.2, -0.15) is 0 Å². The van der Waals surface area contributed by atoms with Crippen LogP contribution in [0.1, 0.15) is 53.9 Å². The Kier molecular flexibility index (Phi) is 8.89. The number of nitrogens with zero attached hydrogens (tertiary/aromatic N) is 2. The molecular weight excluding hydrogens is 208 g/mol. The summed E-state index contributed by atoms with van der Waals surface area (Å²) in [5, 5.41) is 0. The minimum absolute atomic E-state index is 0.711. The number of hydrogen-bond donors (Lipinski definition) is 0. The smallest absolute Gasteiger partial charge is 0.00393 e. The van der Waals surface area contributed by atoms with Gasteiger partial charge in [-0.25, -0.2) is 0 Å². The van der Waals surface area contributed by atoms with E-state index in [9.17, 15) is 0 Å². The first-order chi connectivity index (χ1) is 8.24. The lowest BCUT2D eigenvalue weighted by Crippen LogP contribution is -2.39. The molecule has 0 aliphatic carbocycles. The van der Waals surface area contributed by atoms with Crippen molar-refractivity contribution in [1.82, 2.24) is 9.80 Å². The molecule has 2 heteroatoms. The van der Waals surface area contributed by atoms with Crippen molar-refractivity contribution in [2.45, 2.75) is 53.9 Å². The van der Waals surface area contributed by atoms with Crippen molar-refractivity contribution in [3.05, 3.63) is 0 Å². The van der Waals surface area contributed by atoms with E-state index < -0.39 is 0 Å². The molecule has 0 unspecified atom stereocenters. The van der Waals surface area contributed by atoms with Crippen LogP contribution in [0.5, 0.6) is 0 Å². The van der Waals surface area contributed by atoms with Crippen molar-refractivity contribution >= 4 is 0 Å². The second-order valence-electron chi connectivity index (χ2n) is 4.92. The van der Waals surface area contributed by atoms with Crippen molar-refractivity contribution in [1.29, 1.82) is 0 Å². The maximum Gasteiger partial charge on any atom is 0.00393 e. The van der Waals surface area contributed by atoms with Crippen molar-refractivity contribution in [2.24, 2.45) is 5.41 Å². The summed E-state index contributed by atoms with van der Waals surface area (Å²) in [5.74, 6) is 0. The minimum Gasteiger partial charge on any atom is -0.306 e. The molecule has 0 aromatic heterocycles. The van der Waals surface area contributed by atoms with E-state index in [1.54, 1.807) is 0 Å². The highest BCUT2D eigenvalue weighted by Gasteiger charge is 2.39. The lowest BCUT2D eigenvalue weighted by atomic mass is 9.78. The average molecular weight is 242 g/mol. The molecule has 0 aromatic carbocycles. The summed E-state index contributed by atoms with van der Waals surface area (Å²) in [6.45, 7) is 16.9. The van der Waals surface area contributed by atoms with Crippen molar-refractivity contribution in [2.75, 3.05) is 39.8 Å². The molecule has 0 N–H and O–H groups in total. The van der Waals surface area contributed by atoms with E-state index in [2.05, 4.69) is 23.8 Å². The van der Waals surface area contributed by atoms with Crippen LogP contribution in [0.25, 0.3) is 0 Å². The molecule has 0 atom stereocenters. The summed E-state index contributed by atoms with van der Waals surface area (Å²) in [7, 11) is 2.25. The monoisotopic (exact) mass is 242 g/mol. The van der Waals surface area contributed by atoms with Gasteiger partial charge >= 0.3 is 0 Å². The molecule has 2 nitrogen and oxygen atoms in total. The molecule has 0 aromatic rings. The zero-order valence-electron chi connectivity index (χ0n) is 13.1. The van der Waals surface area contributed by atoms with Gasteiger partial charge in [0.2, 0.25) is 0 Å². The molecule has 2 rings (SSSR count). The molecule has 17 heavy (non-hydrogen) atoms. The number of rotatable bonds is 1. The Balaban J connectivity index is 0.000000581. The van der Waals surface area contributed by atoms with E-state index in [4.69, 9.17) is 0 Å². The summed E-state index contributed by atoms with van der Waals surface area (Å²) < 4.78 is 0. The Bertz CT molecular complexity index is 172. The Morgan fingerprint density at radius 2 is 1.35 bits per heavy atom. The summed E-state index contributed by atoms with van der Waals surface area (Å²) >= 11 is 0. The largest absolute Gasteiger partial charge is 0.306 e. The molecule has 2 fully saturated rings. The standard InChI is InChI=1S/C11H22N2.2C2H6/c1-3-13-9-6-11(10-13)4-7-12(2)8-5-11;2*1-2/h3-10H2,1-2H3;2*1-2H3. The van der Waals surface area contributed by atoms with Gasteiger partial charge in [-0.05, 0) is 57.9 Å². The summed E-state index contributed by atoms with van der Waals surface area (Å²) in [5.41, 5.74) is 0.711. The van der Waals surface area contributed by atoms with Crippen LogP contribution >= 0.6 is 0 Å². The van der Waals surface area contributed by atoms with E-state index in [-0.39, 0.29) is 0 Å². The van der Waals surface area contributed by atoms with Gasteiger partial charge in [0.15, 0.2) is 0 Å². The zero-order chi connectivity index (χ0) is 13.3. The van der Waals surface area contributed by atoms with Gasteiger partial charge in [-0.1, -0.05) is 34.6 Å². The maximum atomic E-state index is 2.62. The van der Waals surface area contributed by atoms with Crippen LogP contribution in [-0.4, -0.2) is 49.6 Å². The van der Waals surface area contributed by atoms with Crippen LogP contribution in [0.3, 0.4) is 0 Å². The minimum atomic E-state index is 0.711. The summed E-state index contributed by atoms with van der Waals surface area (Å²) in [6.07, 6.45) is 4.31. The molecule has 2 heterocycles. The van der Waals surface area contributed by atoms with Gasteiger partial charge in [-0.15, -0.1) is 0 Å². The predicted molar refractivity (Wildman–Crippen MR) is 78.6 cm³/mol. The molecular formula is C15H34N2. The third-order valence-corrected chi connectivity index (χ3v) is 4.01. The first-order valence-corrected chi connectivity index (χ1v) is 7.65. The van der Waals surface area contributed by atoms with E-state index in [1.807, 2.05) is 27.7 Å². The van der Waals surface area contributed by atoms with Crippen molar-refractivity contribution in [3.8, 4) is 0 Å². The Labute approximate surface area is 109 Å². The Morgan fingerprint density at radius 3 is 1.76 bits per heavy atom. The van der Waals surface area contributed by atoms with Gasteiger partial charge in [-0.3, -0.25) is 0 Å².